The molecule has 0 aliphatic heterocycles. The van der Waals surface area contributed by atoms with Crippen LogP contribution in [0.3, 0.4) is 0 Å². The predicted octanol–water partition coefficient (Wildman–Crippen LogP) is 2.91. The second-order valence-corrected chi connectivity index (χ2v) is 6.74. The molecule has 1 heterocycles. The van der Waals surface area contributed by atoms with Crippen molar-refractivity contribution in [1.82, 2.24) is 14.9 Å². The lowest BCUT2D eigenvalue weighted by Gasteiger charge is -2.15. The van der Waals surface area contributed by atoms with E-state index in [4.69, 9.17) is 15.9 Å². The zero-order chi connectivity index (χ0) is 19.9. The molecule has 3 aromatic rings. The van der Waals surface area contributed by atoms with E-state index in [1.54, 1.807) is 6.07 Å². The van der Waals surface area contributed by atoms with Gasteiger partial charge in [0.15, 0.2) is 0 Å². The zero-order valence-electron chi connectivity index (χ0n) is 16.2. The van der Waals surface area contributed by atoms with Crippen LogP contribution in [0.2, 0.25) is 0 Å². The summed E-state index contributed by atoms with van der Waals surface area (Å²) in [7, 11) is 3.97. The van der Waals surface area contributed by atoms with E-state index in [0.717, 1.165) is 29.3 Å². The Morgan fingerprint density at radius 3 is 2.71 bits per heavy atom. The van der Waals surface area contributed by atoms with Gasteiger partial charge in [0.1, 0.15) is 24.0 Å². The Morgan fingerprint density at radius 1 is 1.21 bits per heavy atom. The van der Waals surface area contributed by atoms with Gasteiger partial charge in [0, 0.05) is 18.3 Å². The van der Waals surface area contributed by atoms with Crippen LogP contribution >= 0.6 is 0 Å². The number of nitrogens with zero attached hydrogens (tertiary/aromatic N) is 2. The van der Waals surface area contributed by atoms with Crippen LogP contribution in [0.5, 0.6) is 5.75 Å². The molecule has 1 aromatic heterocycles. The van der Waals surface area contributed by atoms with Gasteiger partial charge in [-0.05, 0) is 31.8 Å². The van der Waals surface area contributed by atoms with E-state index in [2.05, 4.69) is 15.3 Å². The first-order valence-corrected chi connectivity index (χ1v) is 9.12. The van der Waals surface area contributed by atoms with E-state index in [9.17, 15) is 0 Å². The highest BCUT2D eigenvalue weighted by Gasteiger charge is 2.09. The van der Waals surface area contributed by atoms with Crippen molar-refractivity contribution >= 4 is 11.5 Å². The minimum atomic E-state index is -0.00931. The van der Waals surface area contributed by atoms with Gasteiger partial charge in [-0.2, -0.15) is 0 Å². The number of H-pyrrole nitrogens is 1. The van der Waals surface area contributed by atoms with Crippen LogP contribution in [0.1, 0.15) is 11.4 Å². The van der Waals surface area contributed by atoms with Gasteiger partial charge in [-0.25, -0.2) is 4.98 Å². The second kappa shape index (κ2) is 9.05. The van der Waals surface area contributed by atoms with E-state index in [-0.39, 0.29) is 5.84 Å². The van der Waals surface area contributed by atoms with E-state index in [0.29, 0.717) is 24.5 Å². The van der Waals surface area contributed by atoms with E-state index in [1.165, 1.54) is 0 Å². The van der Waals surface area contributed by atoms with Crippen LogP contribution in [-0.2, 0) is 6.54 Å². The van der Waals surface area contributed by atoms with Crippen LogP contribution in [0.25, 0.3) is 11.3 Å². The topological polar surface area (TPSA) is 103 Å². The number of imidazole rings is 1. The van der Waals surface area contributed by atoms with Gasteiger partial charge in [0.05, 0.1) is 24.0 Å². The van der Waals surface area contributed by atoms with Crippen LogP contribution in [0, 0.1) is 5.41 Å². The van der Waals surface area contributed by atoms with Gasteiger partial charge in [0.2, 0.25) is 0 Å². The summed E-state index contributed by atoms with van der Waals surface area (Å²) in [5.41, 5.74) is 9.23. The number of likely N-dealkylation sites (N-methyl/N-ethyl adjacent to an activating group) is 1. The number of benzene rings is 2. The maximum atomic E-state index is 7.74. The quantitative estimate of drug-likeness (QED) is 0.339. The normalized spacial score (nSPS) is 10.8. The summed E-state index contributed by atoms with van der Waals surface area (Å²) >= 11 is 0. The standard InChI is InChI=1S/C21H26N6O/c1-27(2)10-11-28-19-12-16(8-9-17(19)21(22)23)24-14-20-25-13-18(26-20)15-6-4-3-5-7-15/h3-9,12-13,24H,10-11,14H2,1-2H3,(H3,22,23)(H,25,26). The highest BCUT2D eigenvalue weighted by Crippen LogP contribution is 2.24. The average molecular weight is 378 g/mol. The molecule has 7 nitrogen and oxygen atoms in total. The first-order chi connectivity index (χ1) is 13.5. The van der Waals surface area contributed by atoms with Crippen LogP contribution in [0.15, 0.2) is 54.7 Å². The second-order valence-electron chi connectivity index (χ2n) is 6.74. The number of nitrogens with two attached hydrogens (primary N) is 1. The SMILES string of the molecule is CN(C)CCOc1cc(NCc2ncc(-c3ccccc3)[nH]2)ccc1C(=N)N. The molecule has 146 valence electrons. The van der Waals surface area contributed by atoms with Crippen LogP contribution in [-0.4, -0.2) is 48.0 Å². The number of hydrogen-bond acceptors (Lipinski definition) is 5. The molecular formula is C21H26N6O. The number of nitrogen functional groups attached to an aromatic ring is 1. The lowest BCUT2D eigenvalue weighted by atomic mass is 10.1. The molecule has 0 atom stereocenters. The van der Waals surface area contributed by atoms with Gasteiger partial charge in [-0.15, -0.1) is 0 Å². The number of nitrogens with one attached hydrogen (secondary N) is 3. The fourth-order valence-electron chi connectivity index (χ4n) is 2.71. The van der Waals surface area contributed by atoms with E-state index >= 15 is 0 Å². The van der Waals surface area contributed by atoms with Gasteiger partial charge in [-0.1, -0.05) is 30.3 Å². The van der Waals surface area contributed by atoms with Crippen molar-refractivity contribution in [3.8, 4) is 17.0 Å². The minimum Gasteiger partial charge on any atom is -0.491 e. The average Bonchev–Trinajstić information content (AvgIpc) is 3.16. The summed E-state index contributed by atoms with van der Waals surface area (Å²) < 4.78 is 5.84. The maximum absolute atomic E-state index is 7.74. The third-order valence-corrected chi connectivity index (χ3v) is 4.24. The summed E-state index contributed by atoms with van der Waals surface area (Å²) in [6.07, 6.45) is 1.83. The number of anilines is 1. The molecular weight excluding hydrogens is 352 g/mol. The van der Waals surface area contributed by atoms with E-state index < -0.39 is 0 Å². The Hall–Kier alpha value is -3.32. The molecule has 0 fully saturated rings. The molecule has 0 aliphatic rings. The summed E-state index contributed by atoms with van der Waals surface area (Å²) in [5.74, 6) is 1.43. The predicted molar refractivity (Wildman–Crippen MR) is 113 cm³/mol. The molecule has 2 aromatic carbocycles. The third-order valence-electron chi connectivity index (χ3n) is 4.24. The number of aromatic amines is 1. The largest absolute Gasteiger partial charge is 0.491 e. The molecule has 28 heavy (non-hydrogen) atoms. The molecule has 5 N–H and O–H groups in total. The number of ether oxygens (including phenoxy) is 1. The number of amidine groups is 1. The monoisotopic (exact) mass is 378 g/mol. The number of aromatic nitrogens is 2. The Labute approximate surface area is 165 Å². The van der Waals surface area contributed by atoms with Crippen molar-refractivity contribution in [2.24, 2.45) is 5.73 Å². The fourth-order valence-corrected chi connectivity index (χ4v) is 2.71. The minimum absolute atomic E-state index is 0.00931. The molecule has 0 unspecified atom stereocenters. The van der Waals surface area contributed by atoms with Crippen molar-refractivity contribution in [3.63, 3.8) is 0 Å². The van der Waals surface area contributed by atoms with Crippen molar-refractivity contribution in [2.75, 3.05) is 32.6 Å². The Morgan fingerprint density at radius 2 is 2.00 bits per heavy atom. The smallest absolute Gasteiger partial charge is 0.132 e. The molecule has 0 saturated carbocycles. The summed E-state index contributed by atoms with van der Waals surface area (Å²) in [6.45, 7) is 1.85. The van der Waals surface area contributed by atoms with E-state index in [1.807, 2.05) is 67.7 Å². The van der Waals surface area contributed by atoms with Crippen LogP contribution in [0.4, 0.5) is 5.69 Å². The highest BCUT2D eigenvalue weighted by atomic mass is 16.5. The summed E-state index contributed by atoms with van der Waals surface area (Å²) in [4.78, 5) is 9.80. The third kappa shape index (κ3) is 5.11. The molecule has 0 saturated heterocycles. The zero-order valence-corrected chi connectivity index (χ0v) is 16.2. The molecule has 0 bridgehead atoms. The van der Waals surface area contributed by atoms with Gasteiger partial charge in [-0.3, -0.25) is 5.41 Å². The number of hydrogen-bond donors (Lipinski definition) is 4. The fraction of sp³-hybridized carbons (Fsp3) is 0.238. The number of rotatable bonds is 9. The Bertz CT molecular complexity index is 920. The van der Waals surface area contributed by atoms with Crippen molar-refractivity contribution in [2.45, 2.75) is 6.54 Å². The van der Waals surface area contributed by atoms with Crippen molar-refractivity contribution in [3.05, 3.63) is 66.1 Å². The Kier molecular flexibility index (Phi) is 6.29. The lowest BCUT2D eigenvalue weighted by Crippen LogP contribution is -2.21. The Balaban J connectivity index is 1.67. The van der Waals surface area contributed by atoms with Gasteiger partial charge < -0.3 is 25.7 Å². The maximum Gasteiger partial charge on any atom is 0.132 e. The first-order valence-electron chi connectivity index (χ1n) is 9.12. The molecule has 0 radical (unpaired) electrons. The lowest BCUT2D eigenvalue weighted by molar-refractivity contribution is 0.261. The summed E-state index contributed by atoms with van der Waals surface area (Å²) in [5, 5.41) is 11.1. The molecule has 0 spiro atoms. The van der Waals surface area contributed by atoms with Crippen molar-refractivity contribution < 1.29 is 4.74 Å². The molecule has 3 rings (SSSR count). The first kappa shape index (κ1) is 19.4. The molecule has 0 amide bonds. The van der Waals surface area contributed by atoms with Gasteiger partial charge in [0.25, 0.3) is 0 Å². The highest BCUT2D eigenvalue weighted by molar-refractivity contribution is 5.98. The molecule has 0 aliphatic carbocycles. The van der Waals surface area contributed by atoms with Crippen molar-refractivity contribution in [1.29, 1.82) is 5.41 Å². The van der Waals surface area contributed by atoms with Gasteiger partial charge >= 0.3 is 0 Å². The van der Waals surface area contributed by atoms with Crippen LogP contribution < -0.4 is 15.8 Å². The summed E-state index contributed by atoms with van der Waals surface area (Å²) in [6, 6.07) is 15.6. The molecule has 7 heteroatoms.